The second kappa shape index (κ2) is 5.42. The normalized spacial score (nSPS) is 17.1. The van der Waals surface area contributed by atoms with E-state index in [1.54, 1.807) is 18.2 Å². The topological polar surface area (TPSA) is 55.8 Å². The molecule has 1 aliphatic heterocycles. The number of thioether (sulfide) groups is 1. The highest BCUT2D eigenvalue weighted by molar-refractivity contribution is 8.00. The summed E-state index contributed by atoms with van der Waals surface area (Å²) in [6.45, 7) is 0. The lowest BCUT2D eigenvalue weighted by Crippen LogP contribution is -2.31. The van der Waals surface area contributed by atoms with Gasteiger partial charge >= 0.3 is 5.97 Å². The molecule has 2 rings (SSSR count). The van der Waals surface area contributed by atoms with Crippen molar-refractivity contribution in [3.05, 3.63) is 29.8 Å². The van der Waals surface area contributed by atoms with Crippen LogP contribution in [0.1, 0.15) is 11.7 Å². The van der Waals surface area contributed by atoms with Crippen molar-refractivity contribution in [3.63, 3.8) is 0 Å². The molecule has 1 atom stereocenters. The minimum atomic E-state index is -1.25. The molecular formula is C12H14O4S. The van der Waals surface area contributed by atoms with E-state index in [1.165, 1.54) is 7.11 Å². The van der Waals surface area contributed by atoms with Gasteiger partial charge in [-0.3, -0.25) is 0 Å². The third kappa shape index (κ3) is 2.92. The molecule has 5 heteroatoms. The number of methoxy groups -OCH3 is 1. The summed E-state index contributed by atoms with van der Waals surface area (Å²) < 4.78 is 10.2. The Kier molecular flexibility index (Phi) is 3.91. The van der Waals surface area contributed by atoms with Gasteiger partial charge in [-0.1, -0.05) is 12.1 Å². The van der Waals surface area contributed by atoms with Gasteiger partial charge in [0.1, 0.15) is 11.9 Å². The monoisotopic (exact) mass is 254 g/mol. The van der Waals surface area contributed by atoms with Crippen molar-refractivity contribution in [1.82, 2.24) is 0 Å². The number of aliphatic hydroxyl groups excluding tert-OH is 1. The highest BCUT2D eigenvalue weighted by atomic mass is 32.2. The average Bonchev–Trinajstić information content (AvgIpc) is 2.32. The number of rotatable bonds is 4. The smallest absolute Gasteiger partial charge is 0.339 e. The van der Waals surface area contributed by atoms with E-state index >= 15 is 0 Å². The molecule has 0 radical (unpaired) electrons. The van der Waals surface area contributed by atoms with E-state index in [1.807, 2.05) is 17.8 Å². The van der Waals surface area contributed by atoms with Gasteiger partial charge in [0.2, 0.25) is 0 Å². The van der Waals surface area contributed by atoms with E-state index in [0.717, 1.165) is 11.5 Å². The summed E-state index contributed by atoms with van der Waals surface area (Å²) in [5, 5.41) is 9.68. The van der Waals surface area contributed by atoms with Crippen molar-refractivity contribution in [3.8, 4) is 5.75 Å². The Morgan fingerprint density at radius 2 is 2.29 bits per heavy atom. The molecule has 1 aliphatic rings. The Morgan fingerprint density at radius 1 is 1.53 bits per heavy atom. The third-order valence-corrected chi connectivity index (χ3v) is 3.72. The molecule has 0 bridgehead atoms. The zero-order valence-corrected chi connectivity index (χ0v) is 10.3. The number of hydrogen-bond donors (Lipinski definition) is 1. The molecule has 1 fully saturated rings. The van der Waals surface area contributed by atoms with Gasteiger partial charge in [0.05, 0.1) is 7.11 Å². The largest absolute Gasteiger partial charge is 0.489 e. The predicted octanol–water partition coefficient (Wildman–Crippen LogP) is 1.39. The fourth-order valence-electron chi connectivity index (χ4n) is 1.48. The first-order chi connectivity index (χ1) is 8.20. The lowest BCUT2D eigenvalue weighted by Gasteiger charge is -2.26. The Morgan fingerprint density at radius 3 is 2.88 bits per heavy atom. The van der Waals surface area contributed by atoms with Crippen LogP contribution >= 0.6 is 11.8 Å². The lowest BCUT2D eigenvalue weighted by molar-refractivity contribution is -0.150. The first kappa shape index (κ1) is 12.3. The number of carbonyl (C=O) groups is 1. The first-order valence-corrected chi connectivity index (χ1v) is 6.46. The molecule has 1 unspecified atom stereocenters. The van der Waals surface area contributed by atoms with Crippen LogP contribution in [0.3, 0.4) is 0 Å². The van der Waals surface area contributed by atoms with Crippen LogP contribution in [0.4, 0.5) is 0 Å². The molecule has 1 aromatic carbocycles. The Hall–Kier alpha value is -1.20. The van der Waals surface area contributed by atoms with Crippen LogP contribution in [0.15, 0.2) is 24.3 Å². The molecule has 92 valence electrons. The molecule has 0 aromatic heterocycles. The highest BCUT2D eigenvalue weighted by Crippen LogP contribution is 2.26. The molecule has 17 heavy (non-hydrogen) atoms. The summed E-state index contributed by atoms with van der Waals surface area (Å²) in [4.78, 5) is 11.2. The maximum atomic E-state index is 11.2. The van der Waals surface area contributed by atoms with E-state index < -0.39 is 12.1 Å². The molecule has 0 spiro atoms. The lowest BCUT2D eigenvalue weighted by atomic mass is 10.1. The first-order valence-electron chi connectivity index (χ1n) is 5.31. The van der Waals surface area contributed by atoms with Gasteiger partial charge in [-0.25, -0.2) is 4.79 Å². The van der Waals surface area contributed by atoms with Gasteiger partial charge in [0.15, 0.2) is 6.10 Å². The summed E-state index contributed by atoms with van der Waals surface area (Å²) >= 11 is 1.83. The van der Waals surface area contributed by atoms with Gasteiger partial charge in [-0.05, 0) is 17.7 Å². The van der Waals surface area contributed by atoms with Crippen molar-refractivity contribution in [2.24, 2.45) is 0 Å². The number of hydrogen-bond acceptors (Lipinski definition) is 5. The van der Waals surface area contributed by atoms with Crippen molar-refractivity contribution in [2.75, 3.05) is 18.6 Å². The van der Waals surface area contributed by atoms with Gasteiger partial charge in [0.25, 0.3) is 0 Å². The molecular weight excluding hydrogens is 240 g/mol. The number of ether oxygens (including phenoxy) is 2. The molecule has 0 saturated carbocycles. The van der Waals surface area contributed by atoms with E-state index in [-0.39, 0.29) is 6.10 Å². The summed E-state index contributed by atoms with van der Waals surface area (Å²) in [6, 6.07) is 6.91. The highest BCUT2D eigenvalue weighted by Gasteiger charge is 2.21. The second-order valence-corrected chi connectivity index (χ2v) is 4.85. The predicted molar refractivity (Wildman–Crippen MR) is 65.2 cm³/mol. The number of benzene rings is 1. The van der Waals surface area contributed by atoms with E-state index in [9.17, 15) is 9.90 Å². The van der Waals surface area contributed by atoms with Crippen LogP contribution in [0.5, 0.6) is 5.75 Å². The Balaban J connectivity index is 2.07. The molecule has 1 N–H and O–H groups in total. The summed E-state index contributed by atoms with van der Waals surface area (Å²) in [6.07, 6.45) is -1.01. The van der Waals surface area contributed by atoms with Crippen molar-refractivity contribution >= 4 is 17.7 Å². The minimum absolute atomic E-state index is 0.241. The quantitative estimate of drug-likeness (QED) is 0.823. The van der Waals surface area contributed by atoms with Gasteiger partial charge < -0.3 is 14.6 Å². The minimum Gasteiger partial charge on any atom is -0.489 e. The zero-order chi connectivity index (χ0) is 12.3. The van der Waals surface area contributed by atoms with E-state index in [0.29, 0.717) is 11.3 Å². The average molecular weight is 254 g/mol. The molecule has 1 heterocycles. The fourth-order valence-corrected chi connectivity index (χ4v) is 2.04. The van der Waals surface area contributed by atoms with Gasteiger partial charge in [-0.15, -0.1) is 0 Å². The standard InChI is InChI=1S/C12H14O4S/c1-15-12(14)11(13)8-3-2-4-9(5-8)16-10-6-17-7-10/h2-5,10-11,13H,6-7H2,1H3. The van der Waals surface area contributed by atoms with Crippen LogP contribution in [-0.4, -0.2) is 35.8 Å². The van der Waals surface area contributed by atoms with Crippen LogP contribution < -0.4 is 4.74 Å². The van der Waals surface area contributed by atoms with E-state index in [2.05, 4.69) is 4.74 Å². The molecule has 0 aliphatic carbocycles. The van der Waals surface area contributed by atoms with Crippen LogP contribution in [0, 0.1) is 0 Å². The number of esters is 1. The Labute approximate surface area is 104 Å². The Bertz CT molecular complexity index is 403. The zero-order valence-electron chi connectivity index (χ0n) is 9.46. The second-order valence-electron chi connectivity index (χ2n) is 3.78. The van der Waals surface area contributed by atoms with Crippen LogP contribution in [0.25, 0.3) is 0 Å². The van der Waals surface area contributed by atoms with Crippen molar-refractivity contribution < 1.29 is 19.4 Å². The molecule has 4 nitrogen and oxygen atoms in total. The third-order valence-electron chi connectivity index (χ3n) is 2.51. The van der Waals surface area contributed by atoms with Gasteiger partial charge in [-0.2, -0.15) is 11.8 Å². The number of aliphatic hydroxyl groups is 1. The summed E-state index contributed by atoms with van der Waals surface area (Å²) in [5.74, 6) is 1.99. The van der Waals surface area contributed by atoms with Gasteiger partial charge in [0, 0.05) is 11.5 Å². The molecule has 0 amide bonds. The summed E-state index contributed by atoms with van der Waals surface area (Å²) in [7, 11) is 1.25. The number of carbonyl (C=O) groups excluding carboxylic acids is 1. The van der Waals surface area contributed by atoms with Crippen LogP contribution in [0.2, 0.25) is 0 Å². The van der Waals surface area contributed by atoms with Crippen LogP contribution in [-0.2, 0) is 9.53 Å². The fraction of sp³-hybridized carbons (Fsp3) is 0.417. The SMILES string of the molecule is COC(=O)C(O)c1cccc(OC2CSC2)c1. The van der Waals surface area contributed by atoms with Crippen molar-refractivity contribution in [1.29, 1.82) is 0 Å². The van der Waals surface area contributed by atoms with Crippen molar-refractivity contribution in [2.45, 2.75) is 12.2 Å². The summed E-state index contributed by atoms with van der Waals surface area (Å²) in [5.41, 5.74) is 0.487. The molecule has 1 aromatic rings. The molecule has 1 saturated heterocycles. The maximum Gasteiger partial charge on any atom is 0.339 e. The maximum absolute atomic E-state index is 11.2. The van der Waals surface area contributed by atoms with E-state index in [4.69, 9.17) is 4.74 Å².